The molecule has 2 nitrogen and oxygen atoms in total. The van der Waals surface area contributed by atoms with Gasteiger partial charge in [-0.05, 0) is 30.8 Å². The first-order valence-corrected chi connectivity index (χ1v) is 4.61. The molecule has 0 amide bonds. The van der Waals surface area contributed by atoms with Crippen LogP contribution in [0.3, 0.4) is 0 Å². The van der Waals surface area contributed by atoms with Crippen molar-refractivity contribution in [2.75, 3.05) is 6.61 Å². The molecule has 0 bridgehead atoms. The third-order valence-electron chi connectivity index (χ3n) is 2.81. The number of hydrogen-bond donors (Lipinski definition) is 2. The van der Waals surface area contributed by atoms with E-state index in [0.29, 0.717) is 5.92 Å². The molecule has 1 fully saturated rings. The SMILES string of the molecule is C=C(CO)[C@H]1CC[C@H](C)C[C@@H]1O. The van der Waals surface area contributed by atoms with E-state index in [4.69, 9.17) is 5.11 Å². The van der Waals surface area contributed by atoms with Gasteiger partial charge in [-0.25, -0.2) is 0 Å². The first kappa shape index (κ1) is 9.75. The molecule has 1 aliphatic rings. The Kier molecular flexibility index (Phi) is 3.29. The second-order valence-corrected chi connectivity index (χ2v) is 3.91. The van der Waals surface area contributed by atoms with Crippen LogP contribution in [-0.2, 0) is 0 Å². The van der Waals surface area contributed by atoms with Gasteiger partial charge in [-0.1, -0.05) is 13.5 Å². The van der Waals surface area contributed by atoms with Gasteiger partial charge in [-0.3, -0.25) is 0 Å². The summed E-state index contributed by atoms with van der Waals surface area (Å²) in [5, 5.41) is 18.5. The van der Waals surface area contributed by atoms with Crippen molar-refractivity contribution >= 4 is 0 Å². The van der Waals surface area contributed by atoms with Crippen LogP contribution in [-0.4, -0.2) is 22.9 Å². The Hall–Kier alpha value is -0.340. The molecule has 0 spiro atoms. The summed E-state index contributed by atoms with van der Waals surface area (Å²) in [6.07, 6.45) is 2.68. The lowest BCUT2D eigenvalue weighted by Crippen LogP contribution is -2.30. The van der Waals surface area contributed by atoms with Crippen molar-refractivity contribution in [1.82, 2.24) is 0 Å². The highest BCUT2D eigenvalue weighted by Gasteiger charge is 2.28. The van der Waals surface area contributed by atoms with Crippen LogP contribution in [0.1, 0.15) is 26.2 Å². The van der Waals surface area contributed by atoms with Gasteiger partial charge in [0.05, 0.1) is 12.7 Å². The molecule has 1 aliphatic carbocycles. The number of hydrogen-bond acceptors (Lipinski definition) is 2. The summed E-state index contributed by atoms with van der Waals surface area (Å²) in [6.45, 7) is 5.93. The highest BCUT2D eigenvalue weighted by molar-refractivity contribution is 5.05. The van der Waals surface area contributed by atoms with Gasteiger partial charge in [-0.2, -0.15) is 0 Å². The molecule has 2 heteroatoms. The normalized spacial score (nSPS) is 36.4. The van der Waals surface area contributed by atoms with E-state index in [-0.39, 0.29) is 18.6 Å². The van der Waals surface area contributed by atoms with Gasteiger partial charge < -0.3 is 10.2 Å². The predicted octanol–water partition coefficient (Wildman–Crippen LogP) is 1.33. The first-order chi connectivity index (χ1) is 5.65. The zero-order valence-electron chi connectivity index (χ0n) is 7.66. The van der Waals surface area contributed by atoms with Gasteiger partial charge in [0.15, 0.2) is 0 Å². The van der Waals surface area contributed by atoms with Crippen molar-refractivity contribution in [3.05, 3.63) is 12.2 Å². The van der Waals surface area contributed by atoms with Gasteiger partial charge in [0.2, 0.25) is 0 Å². The zero-order valence-corrected chi connectivity index (χ0v) is 7.66. The molecule has 3 atom stereocenters. The van der Waals surface area contributed by atoms with Gasteiger partial charge in [-0.15, -0.1) is 0 Å². The standard InChI is InChI=1S/C10H18O2/c1-7-3-4-9(8(2)6-11)10(12)5-7/h7,9-12H,2-6H2,1H3/t7-,9+,10-/m0/s1. The molecule has 0 aromatic rings. The first-order valence-electron chi connectivity index (χ1n) is 4.61. The Balaban J connectivity index is 2.50. The Morgan fingerprint density at radius 1 is 1.50 bits per heavy atom. The molecule has 1 rings (SSSR count). The lowest BCUT2D eigenvalue weighted by Gasteiger charge is -2.32. The van der Waals surface area contributed by atoms with Crippen LogP contribution in [0.2, 0.25) is 0 Å². The lowest BCUT2D eigenvalue weighted by atomic mass is 9.77. The molecule has 0 heterocycles. The monoisotopic (exact) mass is 170 g/mol. The van der Waals surface area contributed by atoms with Crippen molar-refractivity contribution < 1.29 is 10.2 Å². The molecule has 0 aromatic heterocycles. The van der Waals surface area contributed by atoms with Gasteiger partial charge in [0.25, 0.3) is 0 Å². The molecule has 0 aromatic carbocycles. The summed E-state index contributed by atoms with van der Waals surface area (Å²) in [6, 6.07) is 0. The molecular formula is C10H18O2. The maximum atomic E-state index is 9.67. The Morgan fingerprint density at radius 2 is 2.17 bits per heavy atom. The maximum absolute atomic E-state index is 9.67. The highest BCUT2D eigenvalue weighted by Crippen LogP contribution is 2.32. The zero-order chi connectivity index (χ0) is 9.14. The van der Waals surface area contributed by atoms with Crippen molar-refractivity contribution in [3.8, 4) is 0 Å². The minimum Gasteiger partial charge on any atom is -0.392 e. The highest BCUT2D eigenvalue weighted by atomic mass is 16.3. The molecule has 70 valence electrons. The van der Waals surface area contributed by atoms with Crippen LogP contribution >= 0.6 is 0 Å². The lowest BCUT2D eigenvalue weighted by molar-refractivity contribution is 0.0605. The van der Waals surface area contributed by atoms with Crippen LogP contribution in [0.15, 0.2) is 12.2 Å². The van der Waals surface area contributed by atoms with E-state index in [1.165, 1.54) is 0 Å². The van der Waals surface area contributed by atoms with E-state index in [9.17, 15) is 5.11 Å². The average molecular weight is 170 g/mol. The molecule has 2 N–H and O–H groups in total. The fourth-order valence-electron chi connectivity index (χ4n) is 1.94. The summed E-state index contributed by atoms with van der Waals surface area (Å²) in [7, 11) is 0. The minimum absolute atomic E-state index is 0.0100. The van der Waals surface area contributed by atoms with Crippen LogP contribution in [0.25, 0.3) is 0 Å². The Morgan fingerprint density at radius 3 is 2.67 bits per heavy atom. The van der Waals surface area contributed by atoms with E-state index in [1.807, 2.05) is 0 Å². The molecular weight excluding hydrogens is 152 g/mol. The molecule has 1 saturated carbocycles. The van der Waals surface area contributed by atoms with Crippen molar-refractivity contribution in [3.63, 3.8) is 0 Å². The van der Waals surface area contributed by atoms with Crippen LogP contribution in [0.4, 0.5) is 0 Å². The Bertz CT molecular complexity index is 165. The van der Waals surface area contributed by atoms with Crippen LogP contribution in [0.5, 0.6) is 0 Å². The van der Waals surface area contributed by atoms with Crippen molar-refractivity contribution in [2.24, 2.45) is 11.8 Å². The van der Waals surface area contributed by atoms with Gasteiger partial charge in [0.1, 0.15) is 0 Å². The quantitative estimate of drug-likeness (QED) is 0.614. The minimum atomic E-state index is -0.284. The van der Waals surface area contributed by atoms with Gasteiger partial charge in [0, 0.05) is 5.92 Å². The van der Waals surface area contributed by atoms with E-state index >= 15 is 0 Å². The van der Waals surface area contributed by atoms with Crippen LogP contribution < -0.4 is 0 Å². The second-order valence-electron chi connectivity index (χ2n) is 3.91. The van der Waals surface area contributed by atoms with Crippen LogP contribution in [0, 0.1) is 11.8 Å². The molecule has 0 radical (unpaired) electrons. The smallest absolute Gasteiger partial charge is 0.0642 e. The van der Waals surface area contributed by atoms with E-state index in [2.05, 4.69) is 13.5 Å². The topological polar surface area (TPSA) is 40.5 Å². The van der Waals surface area contributed by atoms with Crippen molar-refractivity contribution in [2.45, 2.75) is 32.3 Å². The summed E-state index contributed by atoms with van der Waals surface area (Å²) in [5.74, 6) is 0.744. The summed E-state index contributed by atoms with van der Waals surface area (Å²) < 4.78 is 0. The fraction of sp³-hybridized carbons (Fsp3) is 0.800. The number of aliphatic hydroxyl groups is 2. The molecule has 0 unspecified atom stereocenters. The third kappa shape index (κ3) is 2.08. The summed E-state index contributed by atoms with van der Waals surface area (Å²) in [4.78, 5) is 0. The van der Waals surface area contributed by atoms with E-state index in [1.54, 1.807) is 0 Å². The molecule has 0 saturated heterocycles. The van der Waals surface area contributed by atoms with Crippen molar-refractivity contribution in [1.29, 1.82) is 0 Å². The second kappa shape index (κ2) is 4.06. The van der Waals surface area contributed by atoms with E-state index < -0.39 is 0 Å². The van der Waals surface area contributed by atoms with E-state index in [0.717, 1.165) is 24.8 Å². The molecule has 0 aliphatic heterocycles. The van der Waals surface area contributed by atoms with Gasteiger partial charge >= 0.3 is 0 Å². The Labute approximate surface area is 73.9 Å². The third-order valence-corrected chi connectivity index (χ3v) is 2.81. The number of rotatable bonds is 2. The number of aliphatic hydroxyl groups excluding tert-OH is 2. The fourth-order valence-corrected chi connectivity index (χ4v) is 1.94. The molecule has 12 heavy (non-hydrogen) atoms. The largest absolute Gasteiger partial charge is 0.392 e. The summed E-state index contributed by atoms with van der Waals surface area (Å²) >= 11 is 0. The average Bonchev–Trinajstić information content (AvgIpc) is 2.03. The predicted molar refractivity (Wildman–Crippen MR) is 48.7 cm³/mol. The maximum Gasteiger partial charge on any atom is 0.0642 e. The summed E-state index contributed by atoms with van der Waals surface area (Å²) in [5.41, 5.74) is 0.786.